The van der Waals surface area contributed by atoms with Crippen LogP contribution in [0, 0.1) is 0 Å². The summed E-state index contributed by atoms with van der Waals surface area (Å²) in [6, 6.07) is 3.07. The molecule has 1 aromatic rings. The molecule has 0 radical (unpaired) electrons. The van der Waals surface area contributed by atoms with Crippen LogP contribution in [-0.4, -0.2) is 21.0 Å². The molecule has 0 atom stereocenters. The lowest BCUT2D eigenvalue weighted by Crippen LogP contribution is -2.33. The second-order valence-electron chi connectivity index (χ2n) is 5.22. The van der Waals surface area contributed by atoms with Gasteiger partial charge in [0.05, 0.1) is 5.02 Å². The average Bonchev–Trinajstić information content (AvgIpc) is 2.90. The molecule has 0 aliphatic heterocycles. The summed E-state index contributed by atoms with van der Waals surface area (Å²) in [6.07, 6.45) is 3.89. The number of halogens is 2. The minimum atomic E-state index is -3.61. The van der Waals surface area contributed by atoms with Gasteiger partial charge in [-0.2, -0.15) is 0 Å². The zero-order chi connectivity index (χ0) is 15.5. The Labute approximate surface area is 136 Å². The molecule has 2 N–H and O–H groups in total. The van der Waals surface area contributed by atoms with Crippen LogP contribution in [0.4, 0.5) is 0 Å². The number of benzene rings is 1. The van der Waals surface area contributed by atoms with Crippen LogP contribution in [0.25, 0.3) is 0 Å². The molecule has 1 fully saturated rings. The molecule has 0 unspecified atom stereocenters. The normalized spacial score (nSPS) is 16.5. The predicted molar refractivity (Wildman–Crippen MR) is 86.4 cm³/mol. The summed E-state index contributed by atoms with van der Waals surface area (Å²) in [5.74, 6) is 0. The first-order valence-corrected chi connectivity index (χ1v) is 9.39. The highest BCUT2D eigenvalue weighted by Crippen LogP contribution is 2.31. The molecule has 1 aliphatic carbocycles. The van der Waals surface area contributed by atoms with Crippen LogP contribution < -0.4 is 10.0 Å². The predicted octanol–water partition coefficient (Wildman–Crippen LogP) is 3.32. The van der Waals surface area contributed by atoms with Crippen LogP contribution in [-0.2, 0) is 16.6 Å². The van der Waals surface area contributed by atoms with Gasteiger partial charge < -0.3 is 5.32 Å². The van der Waals surface area contributed by atoms with E-state index in [0.29, 0.717) is 17.1 Å². The van der Waals surface area contributed by atoms with Crippen LogP contribution in [0.3, 0.4) is 0 Å². The van der Waals surface area contributed by atoms with Crippen LogP contribution in [0.15, 0.2) is 17.0 Å². The molecule has 0 bridgehead atoms. The molecule has 21 heavy (non-hydrogen) atoms. The molecule has 4 nitrogen and oxygen atoms in total. The second-order valence-corrected chi connectivity index (χ2v) is 7.69. The molecule has 7 heteroatoms. The van der Waals surface area contributed by atoms with Gasteiger partial charge in [-0.15, -0.1) is 0 Å². The number of rotatable bonds is 6. The minimum Gasteiger partial charge on any atom is -0.313 e. The summed E-state index contributed by atoms with van der Waals surface area (Å²) < 4.78 is 27.7. The molecule has 1 aliphatic rings. The first kappa shape index (κ1) is 17.0. The fourth-order valence-electron chi connectivity index (χ4n) is 2.52. The molecule has 0 aromatic heterocycles. The third-order valence-electron chi connectivity index (χ3n) is 3.67. The summed E-state index contributed by atoms with van der Waals surface area (Å²) in [7, 11) is -3.61. The zero-order valence-corrected chi connectivity index (χ0v) is 14.3. The van der Waals surface area contributed by atoms with Crippen molar-refractivity contribution in [1.82, 2.24) is 10.0 Å². The summed E-state index contributed by atoms with van der Waals surface area (Å²) >= 11 is 12.4. The van der Waals surface area contributed by atoms with Crippen molar-refractivity contribution >= 4 is 33.2 Å². The Morgan fingerprint density at radius 2 is 1.90 bits per heavy atom. The summed E-state index contributed by atoms with van der Waals surface area (Å²) in [5.41, 5.74) is 0.620. The first-order chi connectivity index (χ1) is 9.95. The van der Waals surface area contributed by atoms with Crippen molar-refractivity contribution in [3.05, 3.63) is 27.7 Å². The molecule has 1 saturated carbocycles. The fourth-order valence-corrected chi connectivity index (χ4v) is 4.74. The molecule has 0 spiro atoms. The van der Waals surface area contributed by atoms with Gasteiger partial charge in [-0.1, -0.05) is 43.0 Å². The summed E-state index contributed by atoms with van der Waals surface area (Å²) in [4.78, 5) is 0.105. The number of nitrogens with one attached hydrogen (secondary N) is 2. The molecule has 0 amide bonds. The van der Waals surface area contributed by atoms with E-state index in [2.05, 4.69) is 10.0 Å². The van der Waals surface area contributed by atoms with Gasteiger partial charge in [0.2, 0.25) is 10.0 Å². The first-order valence-electron chi connectivity index (χ1n) is 7.15. The Morgan fingerprint density at radius 3 is 2.52 bits per heavy atom. The molecular weight excluding hydrogens is 331 g/mol. The third-order valence-corrected chi connectivity index (χ3v) is 6.13. The quantitative estimate of drug-likeness (QED) is 0.827. The van der Waals surface area contributed by atoms with E-state index >= 15 is 0 Å². The highest BCUT2D eigenvalue weighted by Gasteiger charge is 2.26. The molecular formula is C14H20Cl2N2O2S. The Balaban J connectivity index is 2.29. The van der Waals surface area contributed by atoms with Gasteiger partial charge in [0.1, 0.15) is 4.90 Å². The van der Waals surface area contributed by atoms with Gasteiger partial charge in [0.15, 0.2) is 0 Å². The topological polar surface area (TPSA) is 58.2 Å². The SMILES string of the molecule is CCNCc1c(Cl)ccc(S(=O)(=O)NC2CCCC2)c1Cl. The highest BCUT2D eigenvalue weighted by molar-refractivity contribution is 7.89. The van der Waals surface area contributed by atoms with Crippen molar-refractivity contribution in [3.8, 4) is 0 Å². The Morgan fingerprint density at radius 1 is 1.24 bits per heavy atom. The molecule has 118 valence electrons. The van der Waals surface area contributed by atoms with E-state index in [4.69, 9.17) is 23.2 Å². The van der Waals surface area contributed by atoms with Gasteiger partial charge in [0.25, 0.3) is 0 Å². The maximum absolute atomic E-state index is 12.5. The van der Waals surface area contributed by atoms with E-state index in [1.807, 2.05) is 6.92 Å². The van der Waals surface area contributed by atoms with Crippen molar-refractivity contribution in [2.24, 2.45) is 0 Å². The van der Waals surface area contributed by atoms with Crippen molar-refractivity contribution in [1.29, 1.82) is 0 Å². The molecule has 2 rings (SSSR count). The van der Waals surface area contributed by atoms with Gasteiger partial charge >= 0.3 is 0 Å². The van der Waals surface area contributed by atoms with Gasteiger partial charge in [-0.25, -0.2) is 13.1 Å². The van der Waals surface area contributed by atoms with Crippen molar-refractivity contribution < 1.29 is 8.42 Å². The van der Waals surface area contributed by atoms with E-state index in [9.17, 15) is 8.42 Å². The van der Waals surface area contributed by atoms with E-state index in [-0.39, 0.29) is 16.0 Å². The average molecular weight is 351 g/mol. The number of sulfonamides is 1. The Bertz CT molecular complexity index is 599. The van der Waals surface area contributed by atoms with E-state index in [1.165, 1.54) is 6.07 Å². The van der Waals surface area contributed by atoms with Crippen molar-refractivity contribution in [2.75, 3.05) is 6.54 Å². The van der Waals surface area contributed by atoms with Crippen LogP contribution >= 0.6 is 23.2 Å². The highest BCUT2D eigenvalue weighted by atomic mass is 35.5. The lowest BCUT2D eigenvalue weighted by molar-refractivity contribution is 0.552. The van der Waals surface area contributed by atoms with Crippen molar-refractivity contribution in [2.45, 2.75) is 50.1 Å². The van der Waals surface area contributed by atoms with Crippen LogP contribution in [0.2, 0.25) is 10.0 Å². The third kappa shape index (κ3) is 4.11. The Kier molecular flexibility index (Phi) is 5.91. The number of hydrogen-bond donors (Lipinski definition) is 2. The monoisotopic (exact) mass is 350 g/mol. The standard InChI is InChI=1S/C14H20Cl2N2O2S/c1-2-17-9-11-12(15)7-8-13(14(11)16)21(19,20)18-10-5-3-4-6-10/h7-8,10,17-18H,2-6,9H2,1H3. The van der Waals surface area contributed by atoms with Crippen molar-refractivity contribution in [3.63, 3.8) is 0 Å². The minimum absolute atomic E-state index is 0.0129. The lowest BCUT2D eigenvalue weighted by atomic mass is 10.2. The zero-order valence-electron chi connectivity index (χ0n) is 12.0. The molecule has 0 heterocycles. The van der Waals surface area contributed by atoms with Gasteiger partial charge in [-0.05, 0) is 31.5 Å². The lowest BCUT2D eigenvalue weighted by Gasteiger charge is -2.16. The summed E-state index contributed by atoms with van der Waals surface area (Å²) in [5, 5.41) is 3.79. The largest absolute Gasteiger partial charge is 0.313 e. The fraction of sp³-hybridized carbons (Fsp3) is 0.571. The van der Waals surface area contributed by atoms with Crippen LogP contribution in [0.1, 0.15) is 38.2 Å². The maximum atomic E-state index is 12.5. The maximum Gasteiger partial charge on any atom is 0.242 e. The second kappa shape index (κ2) is 7.29. The molecule has 1 aromatic carbocycles. The summed E-state index contributed by atoms with van der Waals surface area (Å²) in [6.45, 7) is 3.16. The van der Waals surface area contributed by atoms with Crippen LogP contribution in [0.5, 0.6) is 0 Å². The smallest absolute Gasteiger partial charge is 0.242 e. The Hall–Kier alpha value is -0.330. The van der Waals surface area contributed by atoms with E-state index in [1.54, 1.807) is 6.07 Å². The van der Waals surface area contributed by atoms with E-state index in [0.717, 1.165) is 32.2 Å². The van der Waals surface area contributed by atoms with E-state index < -0.39 is 10.0 Å². The van der Waals surface area contributed by atoms with Gasteiger partial charge in [0, 0.05) is 23.2 Å². The number of hydrogen-bond acceptors (Lipinski definition) is 3. The van der Waals surface area contributed by atoms with Gasteiger partial charge in [-0.3, -0.25) is 0 Å². The molecule has 0 saturated heterocycles.